The van der Waals surface area contributed by atoms with Gasteiger partial charge in [-0.1, -0.05) is 41.1 Å². The molecule has 0 aliphatic heterocycles. The van der Waals surface area contributed by atoms with Crippen molar-refractivity contribution in [1.82, 2.24) is 9.88 Å². The lowest BCUT2D eigenvalue weighted by Gasteiger charge is -2.22. The third-order valence-electron chi connectivity index (χ3n) is 4.02. The number of hydrogen-bond donors (Lipinski definition) is 0. The molecule has 0 N–H and O–H groups in total. The second-order valence-corrected chi connectivity index (χ2v) is 7.69. The molecule has 0 saturated heterocycles. The molecule has 5 nitrogen and oxygen atoms in total. The number of ether oxygens (including phenoxy) is 1. The van der Waals surface area contributed by atoms with Crippen LogP contribution in [0.3, 0.4) is 0 Å². The van der Waals surface area contributed by atoms with Crippen molar-refractivity contribution in [2.75, 3.05) is 38.7 Å². The molecule has 0 radical (unpaired) electrons. The Morgan fingerprint density at radius 2 is 1.89 bits per heavy atom. The van der Waals surface area contributed by atoms with Crippen LogP contribution >= 0.6 is 35.3 Å². The summed E-state index contributed by atoms with van der Waals surface area (Å²) in [4.78, 5) is 21.7. The Balaban J connectivity index is 0.00000280. The number of likely N-dealkylation sites (N-methyl/N-ethyl adjacent to an activating group) is 1. The highest BCUT2D eigenvalue weighted by Gasteiger charge is 2.23. The van der Waals surface area contributed by atoms with Crippen LogP contribution in [0, 0.1) is 0 Å². The van der Waals surface area contributed by atoms with Gasteiger partial charge in [-0.05, 0) is 45.3 Å². The second-order valence-electron chi connectivity index (χ2n) is 6.27. The highest BCUT2D eigenvalue weighted by molar-refractivity contribution is 7.22. The van der Waals surface area contributed by atoms with E-state index in [1.54, 1.807) is 17.0 Å². The number of amides is 1. The molecule has 3 rings (SSSR count). The zero-order chi connectivity index (χ0) is 19.4. The van der Waals surface area contributed by atoms with Crippen molar-refractivity contribution in [2.24, 2.45) is 0 Å². The fourth-order valence-electron chi connectivity index (χ4n) is 2.66. The molecule has 0 aliphatic carbocycles. The molecule has 0 aliphatic rings. The van der Waals surface area contributed by atoms with Gasteiger partial charge < -0.3 is 9.64 Å². The average Bonchev–Trinajstić information content (AvgIpc) is 3.07. The van der Waals surface area contributed by atoms with Crippen LogP contribution in [-0.4, -0.2) is 49.6 Å². The van der Waals surface area contributed by atoms with E-state index < -0.39 is 0 Å². The Kier molecular flexibility index (Phi) is 8.07. The summed E-state index contributed by atoms with van der Waals surface area (Å²) >= 11 is 7.74. The van der Waals surface area contributed by atoms with Crippen molar-refractivity contribution >= 4 is 56.6 Å². The molecule has 0 fully saturated rings. The Morgan fingerprint density at radius 1 is 1.14 bits per heavy atom. The Labute approximate surface area is 180 Å². The summed E-state index contributed by atoms with van der Waals surface area (Å²) in [5, 5.41) is 1.08. The van der Waals surface area contributed by atoms with Gasteiger partial charge in [0.2, 0.25) is 0 Å². The van der Waals surface area contributed by atoms with Crippen LogP contribution in [0.2, 0.25) is 5.02 Å². The van der Waals surface area contributed by atoms with Crippen LogP contribution in [0.1, 0.15) is 17.3 Å². The monoisotopic (exact) mass is 439 g/mol. The lowest BCUT2D eigenvalue weighted by molar-refractivity contribution is 0.0985. The molecule has 0 spiro atoms. The lowest BCUT2D eigenvalue weighted by atomic mass is 10.2. The van der Waals surface area contributed by atoms with Gasteiger partial charge in [-0.25, -0.2) is 4.98 Å². The molecule has 8 heteroatoms. The summed E-state index contributed by atoms with van der Waals surface area (Å²) in [5.41, 5.74) is 1.25. The number of para-hydroxylation sites is 1. The first kappa shape index (κ1) is 22.4. The molecule has 2 aromatic carbocycles. The van der Waals surface area contributed by atoms with E-state index in [1.807, 2.05) is 56.3 Å². The normalized spacial score (nSPS) is 10.8. The van der Waals surface area contributed by atoms with Crippen molar-refractivity contribution in [3.8, 4) is 5.75 Å². The topological polar surface area (TPSA) is 45.7 Å². The number of carbonyl (C=O) groups excluding carboxylic acids is 1. The number of rotatable bonds is 7. The minimum absolute atomic E-state index is 0. The highest BCUT2D eigenvalue weighted by Crippen LogP contribution is 2.35. The van der Waals surface area contributed by atoms with Gasteiger partial charge in [-0.15, -0.1) is 12.4 Å². The quantitative estimate of drug-likeness (QED) is 0.520. The number of carbonyl (C=O) groups is 1. The Hall–Kier alpha value is -1.86. The third kappa shape index (κ3) is 4.94. The maximum Gasteiger partial charge on any atom is 0.261 e. The van der Waals surface area contributed by atoms with Crippen LogP contribution in [0.25, 0.3) is 10.2 Å². The van der Waals surface area contributed by atoms with Crippen LogP contribution in [0.5, 0.6) is 5.75 Å². The fourth-order valence-corrected chi connectivity index (χ4v) is 3.89. The average molecular weight is 440 g/mol. The zero-order valence-corrected chi connectivity index (χ0v) is 18.4. The van der Waals surface area contributed by atoms with Crippen molar-refractivity contribution in [1.29, 1.82) is 0 Å². The smallest absolute Gasteiger partial charge is 0.261 e. The third-order valence-corrected chi connectivity index (χ3v) is 5.39. The van der Waals surface area contributed by atoms with Crippen LogP contribution < -0.4 is 9.64 Å². The zero-order valence-electron chi connectivity index (χ0n) is 16.0. The standard InChI is InChI=1S/C20H22ClN3O2S.ClH/c1-4-26-16-10-7-11-17-18(16)22-20(27-17)24(13-12-23(2)3)19(25)14-8-5-6-9-15(14)21;/h5-11H,4,12-13H2,1-3H3;1H. The summed E-state index contributed by atoms with van der Waals surface area (Å²) in [5.74, 6) is 0.578. The highest BCUT2D eigenvalue weighted by atomic mass is 35.5. The number of anilines is 1. The first-order chi connectivity index (χ1) is 13.0. The van der Waals surface area contributed by atoms with Gasteiger partial charge >= 0.3 is 0 Å². The molecule has 28 heavy (non-hydrogen) atoms. The minimum Gasteiger partial charge on any atom is -0.492 e. The van der Waals surface area contributed by atoms with E-state index in [4.69, 9.17) is 21.3 Å². The lowest BCUT2D eigenvalue weighted by Crippen LogP contribution is -2.36. The number of nitrogens with zero attached hydrogens (tertiary/aromatic N) is 3. The van der Waals surface area contributed by atoms with Gasteiger partial charge in [0, 0.05) is 13.1 Å². The van der Waals surface area contributed by atoms with Gasteiger partial charge in [0.1, 0.15) is 11.3 Å². The summed E-state index contributed by atoms with van der Waals surface area (Å²) in [6, 6.07) is 12.9. The molecule has 0 unspecified atom stereocenters. The first-order valence-corrected chi connectivity index (χ1v) is 9.94. The maximum atomic E-state index is 13.2. The predicted octanol–water partition coefficient (Wildman–Crippen LogP) is 4.98. The summed E-state index contributed by atoms with van der Waals surface area (Å²) in [6.45, 7) is 3.73. The van der Waals surface area contributed by atoms with E-state index in [9.17, 15) is 4.79 Å². The van der Waals surface area contributed by atoms with E-state index in [2.05, 4.69) is 0 Å². The number of fused-ring (bicyclic) bond motifs is 1. The molecule has 150 valence electrons. The molecular formula is C20H23Cl2N3O2S. The van der Waals surface area contributed by atoms with Gasteiger partial charge in [-0.3, -0.25) is 9.69 Å². The second kappa shape index (κ2) is 10.1. The molecule has 0 saturated carbocycles. The van der Waals surface area contributed by atoms with Gasteiger partial charge in [0.15, 0.2) is 5.13 Å². The van der Waals surface area contributed by atoms with Crippen LogP contribution in [0.4, 0.5) is 5.13 Å². The SMILES string of the molecule is CCOc1cccc2sc(N(CCN(C)C)C(=O)c3ccccc3Cl)nc12.Cl. The van der Waals surface area contributed by atoms with E-state index in [0.717, 1.165) is 16.0 Å². The van der Waals surface area contributed by atoms with Crippen LogP contribution in [0.15, 0.2) is 42.5 Å². The van der Waals surface area contributed by atoms with Crippen molar-refractivity contribution < 1.29 is 9.53 Å². The molecule has 0 atom stereocenters. The summed E-state index contributed by atoms with van der Waals surface area (Å²) in [6.07, 6.45) is 0. The van der Waals surface area contributed by atoms with Crippen molar-refractivity contribution in [3.63, 3.8) is 0 Å². The van der Waals surface area contributed by atoms with Gasteiger partial charge in [0.05, 0.1) is 21.9 Å². The van der Waals surface area contributed by atoms with Crippen LogP contribution in [-0.2, 0) is 0 Å². The Bertz CT molecular complexity index is 946. The molecule has 1 heterocycles. The van der Waals surface area contributed by atoms with Crippen molar-refractivity contribution in [2.45, 2.75) is 6.92 Å². The van der Waals surface area contributed by atoms with E-state index in [-0.39, 0.29) is 18.3 Å². The number of benzene rings is 2. The number of hydrogen-bond acceptors (Lipinski definition) is 5. The maximum absolute atomic E-state index is 13.2. The fraction of sp³-hybridized carbons (Fsp3) is 0.300. The minimum atomic E-state index is -0.153. The van der Waals surface area contributed by atoms with Gasteiger partial charge in [0.25, 0.3) is 5.91 Å². The Morgan fingerprint density at radius 3 is 2.57 bits per heavy atom. The molecule has 3 aromatic rings. The number of aromatic nitrogens is 1. The number of thiazole rings is 1. The molecular weight excluding hydrogens is 417 g/mol. The summed E-state index contributed by atoms with van der Waals surface area (Å²) in [7, 11) is 3.95. The summed E-state index contributed by atoms with van der Waals surface area (Å²) < 4.78 is 6.67. The van der Waals surface area contributed by atoms with E-state index in [1.165, 1.54) is 11.3 Å². The molecule has 1 aromatic heterocycles. The predicted molar refractivity (Wildman–Crippen MR) is 120 cm³/mol. The van der Waals surface area contributed by atoms with Crippen molar-refractivity contribution in [3.05, 3.63) is 53.1 Å². The van der Waals surface area contributed by atoms with Gasteiger partial charge in [-0.2, -0.15) is 0 Å². The first-order valence-electron chi connectivity index (χ1n) is 8.74. The largest absolute Gasteiger partial charge is 0.492 e. The van der Waals surface area contributed by atoms with E-state index >= 15 is 0 Å². The van der Waals surface area contributed by atoms with E-state index in [0.29, 0.717) is 35.4 Å². The molecule has 1 amide bonds. The number of halogens is 2. The molecule has 0 bridgehead atoms.